The normalized spacial score (nSPS) is 18.7. The van der Waals surface area contributed by atoms with Crippen LogP contribution in [0.25, 0.3) is 0 Å². The second-order valence-electron chi connectivity index (χ2n) is 4.80. The molecule has 1 aliphatic heterocycles. The molecule has 20 heavy (non-hydrogen) atoms. The average Bonchev–Trinajstić information content (AvgIpc) is 2.83. The van der Waals surface area contributed by atoms with Gasteiger partial charge in [0.1, 0.15) is 0 Å². The van der Waals surface area contributed by atoms with E-state index >= 15 is 0 Å². The summed E-state index contributed by atoms with van der Waals surface area (Å²) in [6.07, 6.45) is 2.30. The molecular formula is C13H21ClN2O3S. The van der Waals surface area contributed by atoms with Crippen LogP contribution in [0, 0.1) is 0 Å². The third-order valence-electron chi connectivity index (χ3n) is 3.14. The smallest absolute Gasteiger partial charge is 0.214 e. The van der Waals surface area contributed by atoms with Crippen molar-refractivity contribution in [2.45, 2.75) is 25.4 Å². The lowest BCUT2D eigenvalue weighted by molar-refractivity contribution is 0.127. The van der Waals surface area contributed by atoms with Crippen molar-refractivity contribution in [1.29, 1.82) is 0 Å². The van der Waals surface area contributed by atoms with E-state index in [0.29, 0.717) is 25.3 Å². The first-order valence-electron chi connectivity index (χ1n) is 6.48. The van der Waals surface area contributed by atoms with E-state index in [1.165, 1.54) is 0 Å². The van der Waals surface area contributed by atoms with Crippen LogP contribution in [-0.2, 0) is 21.2 Å². The van der Waals surface area contributed by atoms with Crippen LogP contribution in [0.3, 0.4) is 0 Å². The van der Waals surface area contributed by atoms with Gasteiger partial charge in [0.25, 0.3) is 0 Å². The van der Waals surface area contributed by atoms with Crippen LogP contribution >= 0.6 is 12.4 Å². The number of hydrogen-bond acceptors (Lipinski definition) is 4. The second kappa shape index (κ2) is 7.83. The van der Waals surface area contributed by atoms with Crippen molar-refractivity contribution in [3.05, 3.63) is 29.8 Å². The fourth-order valence-electron chi connectivity index (χ4n) is 2.11. The van der Waals surface area contributed by atoms with Crippen molar-refractivity contribution in [3.8, 4) is 0 Å². The number of anilines is 1. The monoisotopic (exact) mass is 320 g/mol. The van der Waals surface area contributed by atoms with Crippen molar-refractivity contribution >= 4 is 28.1 Å². The summed E-state index contributed by atoms with van der Waals surface area (Å²) in [6, 6.07) is 7.44. The Bertz CT molecular complexity index is 499. The van der Waals surface area contributed by atoms with Crippen LogP contribution in [0.2, 0.25) is 0 Å². The SMILES string of the molecule is Cl.Nc1ccc(CCNS(=O)(=O)CC2CCCO2)cc1. The lowest BCUT2D eigenvalue weighted by Crippen LogP contribution is -2.33. The predicted molar refractivity (Wildman–Crippen MR) is 82.6 cm³/mol. The van der Waals surface area contributed by atoms with E-state index in [2.05, 4.69) is 4.72 Å². The Hall–Kier alpha value is -0.820. The number of nitrogens with two attached hydrogens (primary N) is 1. The molecule has 114 valence electrons. The molecule has 1 aromatic rings. The Kier molecular flexibility index (Phi) is 6.75. The zero-order valence-electron chi connectivity index (χ0n) is 11.2. The summed E-state index contributed by atoms with van der Waals surface area (Å²) < 4.78 is 31.6. The van der Waals surface area contributed by atoms with Gasteiger partial charge in [-0.3, -0.25) is 0 Å². The summed E-state index contributed by atoms with van der Waals surface area (Å²) in [4.78, 5) is 0. The number of nitrogens with one attached hydrogen (secondary N) is 1. The predicted octanol–water partition coefficient (Wildman–Crippen LogP) is 1.33. The zero-order valence-corrected chi connectivity index (χ0v) is 12.9. The van der Waals surface area contributed by atoms with E-state index in [0.717, 1.165) is 18.4 Å². The van der Waals surface area contributed by atoms with Crippen LogP contribution in [-0.4, -0.2) is 33.4 Å². The first kappa shape index (κ1) is 17.2. The molecule has 0 radical (unpaired) electrons. The fourth-order valence-corrected chi connectivity index (χ4v) is 3.40. The molecule has 0 spiro atoms. The van der Waals surface area contributed by atoms with Crippen molar-refractivity contribution in [2.75, 3.05) is 24.6 Å². The molecular weight excluding hydrogens is 300 g/mol. The minimum atomic E-state index is -3.24. The Morgan fingerprint density at radius 2 is 2.00 bits per heavy atom. The summed E-state index contributed by atoms with van der Waals surface area (Å²) in [5.41, 5.74) is 7.37. The molecule has 1 heterocycles. The third-order valence-corrected chi connectivity index (χ3v) is 4.60. The van der Waals surface area contributed by atoms with Gasteiger partial charge in [-0.25, -0.2) is 13.1 Å². The molecule has 1 fully saturated rings. The molecule has 0 bridgehead atoms. The molecule has 1 atom stereocenters. The van der Waals surface area contributed by atoms with E-state index in [1.54, 1.807) is 0 Å². The highest BCUT2D eigenvalue weighted by Gasteiger charge is 2.22. The van der Waals surface area contributed by atoms with Crippen LogP contribution in [0.4, 0.5) is 5.69 Å². The highest BCUT2D eigenvalue weighted by atomic mass is 35.5. The van der Waals surface area contributed by atoms with Gasteiger partial charge in [-0.1, -0.05) is 12.1 Å². The Labute approximate surface area is 126 Å². The summed E-state index contributed by atoms with van der Waals surface area (Å²) in [7, 11) is -3.24. The topological polar surface area (TPSA) is 81.4 Å². The minimum absolute atomic E-state index is 0. The average molecular weight is 321 g/mol. The van der Waals surface area contributed by atoms with Gasteiger partial charge in [0, 0.05) is 18.8 Å². The summed E-state index contributed by atoms with van der Waals surface area (Å²) in [6.45, 7) is 1.07. The van der Waals surface area contributed by atoms with Gasteiger partial charge in [0.15, 0.2) is 0 Å². The molecule has 3 N–H and O–H groups in total. The number of ether oxygens (including phenoxy) is 1. The quantitative estimate of drug-likeness (QED) is 0.775. The third kappa shape index (κ3) is 5.66. The van der Waals surface area contributed by atoms with Crippen molar-refractivity contribution in [2.24, 2.45) is 0 Å². The number of halogens is 1. The van der Waals surface area contributed by atoms with Gasteiger partial charge < -0.3 is 10.5 Å². The summed E-state index contributed by atoms with van der Waals surface area (Å²) in [5.74, 6) is 0.0642. The first-order valence-corrected chi connectivity index (χ1v) is 8.14. The number of sulfonamides is 1. The summed E-state index contributed by atoms with van der Waals surface area (Å²) >= 11 is 0. The highest BCUT2D eigenvalue weighted by molar-refractivity contribution is 7.89. The number of rotatable bonds is 6. The van der Waals surface area contributed by atoms with E-state index in [-0.39, 0.29) is 24.3 Å². The van der Waals surface area contributed by atoms with Crippen LogP contribution in [0.15, 0.2) is 24.3 Å². The molecule has 0 saturated carbocycles. The van der Waals surface area contributed by atoms with Gasteiger partial charge in [-0.15, -0.1) is 12.4 Å². The largest absolute Gasteiger partial charge is 0.399 e. The summed E-state index contributed by atoms with van der Waals surface area (Å²) in [5, 5.41) is 0. The fraction of sp³-hybridized carbons (Fsp3) is 0.538. The molecule has 5 nitrogen and oxygen atoms in total. The molecule has 7 heteroatoms. The maximum atomic E-state index is 11.8. The second-order valence-corrected chi connectivity index (χ2v) is 6.65. The van der Waals surface area contributed by atoms with E-state index in [9.17, 15) is 8.42 Å². The van der Waals surface area contributed by atoms with Crippen LogP contribution in [0.1, 0.15) is 18.4 Å². The molecule has 1 unspecified atom stereocenters. The molecule has 0 aliphatic carbocycles. The Morgan fingerprint density at radius 3 is 2.60 bits per heavy atom. The Balaban J connectivity index is 0.00000200. The maximum Gasteiger partial charge on any atom is 0.214 e. The van der Waals surface area contributed by atoms with Gasteiger partial charge in [-0.05, 0) is 37.0 Å². The lowest BCUT2D eigenvalue weighted by Gasteiger charge is -2.11. The minimum Gasteiger partial charge on any atom is -0.399 e. The van der Waals surface area contributed by atoms with Gasteiger partial charge >= 0.3 is 0 Å². The first-order chi connectivity index (χ1) is 9.05. The Morgan fingerprint density at radius 1 is 1.30 bits per heavy atom. The van der Waals surface area contributed by atoms with Gasteiger partial charge in [0.2, 0.25) is 10.0 Å². The molecule has 2 rings (SSSR count). The lowest BCUT2D eigenvalue weighted by atomic mass is 10.1. The standard InChI is InChI=1S/C13H20N2O3S.ClH/c14-12-5-3-11(4-6-12)7-8-15-19(16,17)10-13-2-1-9-18-13;/h3-6,13,15H,1-2,7-10,14H2;1H. The van der Waals surface area contributed by atoms with E-state index < -0.39 is 10.0 Å². The number of benzene rings is 1. The number of hydrogen-bond donors (Lipinski definition) is 2. The highest BCUT2D eigenvalue weighted by Crippen LogP contribution is 2.13. The van der Waals surface area contributed by atoms with Crippen LogP contribution in [0.5, 0.6) is 0 Å². The number of nitrogen functional groups attached to an aromatic ring is 1. The van der Waals surface area contributed by atoms with E-state index in [1.807, 2.05) is 24.3 Å². The molecule has 0 aromatic heterocycles. The zero-order chi connectivity index (χ0) is 13.7. The van der Waals surface area contributed by atoms with Crippen molar-refractivity contribution in [3.63, 3.8) is 0 Å². The molecule has 1 aromatic carbocycles. The van der Waals surface area contributed by atoms with E-state index in [4.69, 9.17) is 10.5 Å². The maximum absolute atomic E-state index is 11.8. The molecule has 1 aliphatic rings. The van der Waals surface area contributed by atoms with Crippen LogP contribution < -0.4 is 10.5 Å². The molecule has 0 amide bonds. The van der Waals surface area contributed by atoms with Crippen molar-refractivity contribution in [1.82, 2.24) is 4.72 Å². The van der Waals surface area contributed by atoms with Crippen molar-refractivity contribution < 1.29 is 13.2 Å². The van der Waals surface area contributed by atoms with Gasteiger partial charge in [0.05, 0.1) is 11.9 Å². The van der Waals surface area contributed by atoms with Gasteiger partial charge in [-0.2, -0.15) is 0 Å². The molecule has 1 saturated heterocycles.